The topological polar surface area (TPSA) is 83.6 Å². The Morgan fingerprint density at radius 2 is 1.71 bits per heavy atom. The molecule has 10 atom stereocenters. The summed E-state index contributed by atoms with van der Waals surface area (Å²) in [6.45, 7) is 7.26. The van der Waals surface area contributed by atoms with Crippen molar-refractivity contribution in [1.29, 1.82) is 0 Å². The number of hydrogen-bond acceptors (Lipinski definition) is 3. The lowest BCUT2D eigenvalue weighted by molar-refractivity contribution is -0.174. The first kappa shape index (κ1) is 20.7. The lowest BCUT2D eigenvalue weighted by Crippen LogP contribution is -2.58. The maximum Gasteiger partial charge on any atom is 0.217 e. The number of aliphatic hydroxyl groups is 2. The van der Waals surface area contributed by atoms with E-state index < -0.39 is 0 Å². The van der Waals surface area contributed by atoms with Crippen molar-refractivity contribution >= 4 is 5.91 Å². The molecule has 4 saturated carbocycles. The van der Waals surface area contributed by atoms with Crippen LogP contribution in [0.5, 0.6) is 0 Å². The second-order valence-electron chi connectivity index (χ2n) is 11.4. The van der Waals surface area contributed by atoms with E-state index in [2.05, 4.69) is 20.8 Å². The van der Waals surface area contributed by atoms with E-state index in [1.165, 1.54) is 25.7 Å². The lowest BCUT2D eigenvalue weighted by Gasteiger charge is -2.62. The van der Waals surface area contributed by atoms with Gasteiger partial charge in [-0.15, -0.1) is 0 Å². The van der Waals surface area contributed by atoms with E-state index >= 15 is 0 Å². The highest BCUT2D eigenvalue weighted by atomic mass is 16.3. The first-order chi connectivity index (χ1) is 13.2. The van der Waals surface area contributed by atoms with Crippen LogP contribution in [0.15, 0.2) is 0 Å². The fourth-order valence-electron chi connectivity index (χ4n) is 8.75. The standard InChI is InChI=1S/C24H41NO3/c1-14(4-7-21(25)28)17-5-6-18-22-19(9-11-24(17,18)3)23(2)10-8-16(26)12-15(23)13-20(22)27/h14-20,22,26-27H,4-13H2,1-3H3,(H2,25,28)/t14-,15+,16-,17-,18+,19+,20-,22+,23+,24-/m1/s1. The van der Waals surface area contributed by atoms with E-state index in [0.717, 1.165) is 32.1 Å². The minimum atomic E-state index is -0.210. The number of primary amides is 1. The maximum absolute atomic E-state index is 11.3. The Hall–Kier alpha value is -0.610. The molecule has 160 valence electrons. The molecule has 4 aliphatic carbocycles. The Labute approximate surface area is 170 Å². The van der Waals surface area contributed by atoms with Crippen molar-refractivity contribution in [2.45, 2.75) is 97.2 Å². The number of fused-ring (bicyclic) bond motifs is 5. The number of nitrogens with two attached hydrogens (primary N) is 1. The molecule has 4 N–H and O–H groups in total. The SMILES string of the molecule is C[C@H](CCC(N)=O)[C@H]1CC[C@H]2[C@@H]3[C@H](O)C[C@@H]4C[C@H](O)CC[C@]4(C)[C@H]3CC[C@]12C. The highest BCUT2D eigenvalue weighted by molar-refractivity contribution is 5.73. The number of amides is 1. The van der Waals surface area contributed by atoms with Gasteiger partial charge in [-0.2, -0.15) is 0 Å². The molecular formula is C24H41NO3. The summed E-state index contributed by atoms with van der Waals surface area (Å²) in [5, 5.41) is 21.5. The number of aliphatic hydroxyl groups excluding tert-OH is 2. The minimum Gasteiger partial charge on any atom is -0.393 e. The van der Waals surface area contributed by atoms with Gasteiger partial charge in [0, 0.05) is 6.42 Å². The lowest BCUT2D eigenvalue weighted by atomic mass is 9.43. The van der Waals surface area contributed by atoms with E-state index in [9.17, 15) is 15.0 Å². The summed E-state index contributed by atoms with van der Waals surface area (Å²) in [6, 6.07) is 0. The van der Waals surface area contributed by atoms with Crippen LogP contribution in [0.2, 0.25) is 0 Å². The molecule has 4 fully saturated rings. The maximum atomic E-state index is 11.3. The first-order valence-electron chi connectivity index (χ1n) is 11.8. The van der Waals surface area contributed by atoms with Crippen molar-refractivity contribution < 1.29 is 15.0 Å². The zero-order valence-electron chi connectivity index (χ0n) is 18.1. The second-order valence-corrected chi connectivity index (χ2v) is 11.4. The molecule has 0 bridgehead atoms. The van der Waals surface area contributed by atoms with Crippen LogP contribution in [0.3, 0.4) is 0 Å². The molecule has 1 amide bonds. The second kappa shape index (κ2) is 7.27. The predicted octanol–water partition coefficient (Wildman–Crippen LogP) is 3.88. The molecule has 0 aromatic rings. The first-order valence-corrected chi connectivity index (χ1v) is 11.8. The molecule has 28 heavy (non-hydrogen) atoms. The van der Waals surface area contributed by atoms with Crippen LogP contribution in [0, 0.1) is 46.3 Å². The van der Waals surface area contributed by atoms with Gasteiger partial charge in [0.1, 0.15) is 0 Å². The zero-order chi connectivity index (χ0) is 20.3. The monoisotopic (exact) mass is 391 g/mol. The van der Waals surface area contributed by atoms with Gasteiger partial charge >= 0.3 is 0 Å². The Balaban J connectivity index is 1.55. The Morgan fingerprint density at radius 3 is 2.43 bits per heavy atom. The summed E-state index contributed by atoms with van der Waals surface area (Å²) in [5.74, 6) is 3.08. The van der Waals surface area contributed by atoms with Crippen molar-refractivity contribution in [3.63, 3.8) is 0 Å². The third-order valence-electron chi connectivity index (χ3n) is 10.3. The van der Waals surface area contributed by atoms with Gasteiger partial charge < -0.3 is 15.9 Å². The third-order valence-corrected chi connectivity index (χ3v) is 10.3. The van der Waals surface area contributed by atoms with Crippen LogP contribution in [-0.2, 0) is 4.79 Å². The van der Waals surface area contributed by atoms with Crippen LogP contribution < -0.4 is 5.73 Å². The van der Waals surface area contributed by atoms with E-state index in [1.54, 1.807) is 0 Å². The Bertz CT molecular complexity index is 609. The summed E-state index contributed by atoms with van der Waals surface area (Å²) in [4.78, 5) is 11.3. The van der Waals surface area contributed by atoms with E-state index in [-0.39, 0.29) is 23.5 Å². The van der Waals surface area contributed by atoms with Gasteiger partial charge in [0.2, 0.25) is 5.91 Å². The van der Waals surface area contributed by atoms with Crippen LogP contribution in [0.4, 0.5) is 0 Å². The van der Waals surface area contributed by atoms with E-state index in [1.807, 2.05) is 0 Å². The van der Waals surface area contributed by atoms with Gasteiger partial charge in [0.05, 0.1) is 12.2 Å². The highest BCUT2D eigenvalue weighted by Crippen LogP contribution is 2.68. The molecule has 0 spiro atoms. The quantitative estimate of drug-likeness (QED) is 0.680. The molecule has 4 aliphatic rings. The molecule has 4 nitrogen and oxygen atoms in total. The van der Waals surface area contributed by atoms with Crippen molar-refractivity contribution in [3.8, 4) is 0 Å². The summed E-state index contributed by atoms with van der Waals surface area (Å²) < 4.78 is 0. The number of hydrogen-bond donors (Lipinski definition) is 3. The highest BCUT2D eigenvalue weighted by Gasteiger charge is 2.62. The number of carbonyl (C=O) groups excluding carboxylic acids is 1. The average molecular weight is 392 g/mol. The summed E-state index contributed by atoms with van der Waals surface area (Å²) in [7, 11) is 0. The molecule has 0 unspecified atom stereocenters. The number of carbonyl (C=O) groups is 1. The normalized spacial score (nSPS) is 51.7. The average Bonchev–Trinajstić information content (AvgIpc) is 2.98. The zero-order valence-corrected chi connectivity index (χ0v) is 18.1. The largest absolute Gasteiger partial charge is 0.393 e. The summed E-state index contributed by atoms with van der Waals surface area (Å²) in [6.07, 6.45) is 9.75. The Morgan fingerprint density at radius 1 is 1.04 bits per heavy atom. The van der Waals surface area contributed by atoms with Gasteiger partial charge in [-0.05, 0) is 104 Å². The fraction of sp³-hybridized carbons (Fsp3) is 0.958. The molecule has 0 aromatic heterocycles. The minimum absolute atomic E-state index is 0.169. The van der Waals surface area contributed by atoms with Gasteiger partial charge in [-0.3, -0.25) is 4.79 Å². The molecule has 4 rings (SSSR count). The van der Waals surface area contributed by atoms with Crippen LogP contribution in [0.25, 0.3) is 0 Å². The molecule has 4 heteroatoms. The predicted molar refractivity (Wildman–Crippen MR) is 110 cm³/mol. The van der Waals surface area contributed by atoms with Crippen molar-refractivity contribution in [1.82, 2.24) is 0 Å². The molecular weight excluding hydrogens is 350 g/mol. The number of rotatable bonds is 4. The van der Waals surface area contributed by atoms with Gasteiger partial charge in [-0.25, -0.2) is 0 Å². The summed E-state index contributed by atoms with van der Waals surface area (Å²) in [5.41, 5.74) is 5.99. The van der Waals surface area contributed by atoms with Crippen LogP contribution in [0.1, 0.15) is 85.0 Å². The van der Waals surface area contributed by atoms with Crippen LogP contribution >= 0.6 is 0 Å². The van der Waals surface area contributed by atoms with Gasteiger partial charge in [0.15, 0.2) is 0 Å². The van der Waals surface area contributed by atoms with Crippen molar-refractivity contribution in [2.75, 3.05) is 0 Å². The van der Waals surface area contributed by atoms with E-state index in [0.29, 0.717) is 47.3 Å². The van der Waals surface area contributed by atoms with Gasteiger partial charge in [-0.1, -0.05) is 20.8 Å². The van der Waals surface area contributed by atoms with Gasteiger partial charge in [0.25, 0.3) is 0 Å². The summed E-state index contributed by atoms with van der Waals surface area (Å²) >= 11 is 0. The van der Waals surface area contributed by atoms with Crippen molar-refractivity contribution in [2.24, 2.45) is 52.1 Å². The van der Waals surface area contributed by atoms with E-state index in [4.69, 9.17) is 5.73 Å². The smallest absolute Gasteiger partial charge is 0.217 e. The third kappa shape index (κ3) is 3.14. The molecule has 0 radical (unpaired) electrons. The molecule has 0 aromatic carbocycles. The Kier molecular flexibility index (Phi) is 5.36. The molecule has 0 saturated heterocycles. The molecule has 0 aliphatic heterocycles. The van der Waals surface area contributed by atoms with Crippen molar-refractivity contribution in [3.05, 3.63) is 0 Å². The molecule has 0 heterocycles. The fourth-order valence-corrected chi connectivity index (χ4v) is 8.75. The van der Waals surface area contributed by atoms with Crippen LogP contribution in [-0.4, -0.2) is 28.3 Å².